The molecule has 2 unspecified atom stereocenters. The van der Waals surface area contributed by atoms with Gasteiger partial charge in [-0.2, -0.15) is 0 Å². The molecule has 0 aliphatic carbocycles. The number of nitrogens with zero attached hydrogens (tertiary/aromatic N) is 8. The van der Waals surface area contributed by atoms with Crippen molar-refractivity contribution in [2.45, 2.75) is 13.5 Å². The number of rotatable bonds is 5. The molecule has 0 spiro atoms. The van der Waals surface area contributed by atoms with Crippen molar-refractivity contribution >= 4 is 22.9 Å². The molecule has 2 saturated heterocycles. The maximum atomic E-state index is 5.18. The number of methoxy groups -OCH3 is 1. The molecule has 0 N–H and O–H groups in total. The van der Waals surface area contributed by atoms with Crippen LogP contribution in [0.3, 0.4) is 0 Å². The number of aromatic nitrogens is 6. The van der Waals surface area contributed by atoms with Crippen molar-refractivity contribution in [1.82, 2.24) is 29.5 Å². The Morgan fingerprint density at radius 3 is 2.39 bits per heavy atom. The minimum atomic E-state index is 0.588. The molecule has 9 heteroatoms. The van der Waals surface area contributed by atoms with Crippen LogP contribution in [0.15, 0.2) is 25.0 Å². The summed E-state index contributed by atoms with van der Waals surface area (Å²) in [5.74, 6) is 2.96. The summed E-state index contributed by atoms with van der Waals surface area (Å²) in [4.78, 5) is 27.2. The summed E-state index contributed by atoms with van der Waals surface area (Å²) >= 11 is 0. The minimum Gasteiger partial charge on any atom is -0.383 e. The van der Waals surface area contributed by atoms with Gasteiger partial charge in [0, 0.05) is 64.1 Å². The van der Waals surface area contributed by atoms with Crippen molar-refractivity contribution in [3.8, 4) is 0 Å². The molecule has 0 aromatic carbocycles. The second-order valence-corrected chi connectivity index (χ2v) is 7.69. The van der Waals surface area contributed by atoms with Gasteiger partial charge in [0.05, 0.1) is 12.9 Å². The zero-order valence-electron chi connectivity index (χ0n) is 16.2. The molecule has 2 fully saturated rings. The van der Waals surface area contributed by atoms with E-state index in [0.29, 0.717) is 18.4 Å². The minimum absolute atomic E-state index is 0.588. The molecular formula is C19H24N8O. The lowest BCUT2D eigenvalue weighted by atomic mass is 10.0. The van der Waals surface area contributed by atoms with Crippen LogP contribution < -0.4 is 9.80 Å². The molecule has 2 aliphatic rings. The van der Waals surface area contributed by atoms with Gasteiger partial charge in [-0.3, -0.25) is 0 Å². The second kappa shape index (κ2) is 6.97. The number of hydrogen-bond acceptors (Lipinski definition) is 8. The highest BCUT2D eigenvalue weighted by Gasteiger charge is 2.41. The Morgan fingerprint density at radius 1 is 0.964 bits per heavy atom. The fourth-order valence-corrected chi connectivity index (χ4v) is 4.33. The Kier molecular flexibility index (Phi) is 4.31. The van der Waals surface area contributed by atoms with E-state index in [1.54, 1.807) is 13.4 Å². The van der Waals surface area contributed by atoms with E-state index >= 15 is 0 Å². The van der Waals surface area contributed by atoms with Crippen molar-refractivity contribution < 1.29 is 4.74 Å². The van der Waals surface area contributed by atoms with Gasteiger partial charge in [0.2, 0.25) is 5.95 Å². The predicted octanol–water partition coefficient (Wildman–Crippen LogP) is 1.14. The first-order valence-electron chi connectivity index (χ1n) is 9.66. The zero-order chi connectivity index (χ0) is 19.1. The first-order chi connectivity index (χ1) is 13.7. The number of anilines is 2. The van der Waals surface area contributed by atoms with Crippen molar-refractivity contribution in [3.63, 3.8) is 0 Å². The largest absolute Gasteiger partial charge is 0.383 e. The van der Waals surface area contributed by atoms with Crippen LogP contribution in [-0.4, -0.2) is 69.4 Å². The van der Waals surface area contributed by atoms with Crippen molar-refractivity contribution in [2.24, 2.45) is 11.8 Å². The van der Waals surface area contributed by atoms with Crippen LogP contribution in [0.1, 0.15) is 5.56 Å². The molecule has 0 radical (unpaired) electrons. The number of aryl methyl sites for hydroxylation is 1. The first kappa shape index (κ1) is 17.3. The van der Waals surface area contributed by atoms with Gasteiger partial charge in [0.15, 0.2) is 17.0 Å². The van der Waals surface area contributed by atoms with Crippen LogP contribution in [0.4, 0.5) is 11.8 Å². The standard InChI is InChI=1S/C19H24N8O/c1-13-5-20-19(21-6-13)27-9-14-7-26(8-15(14)10-27)18-16-17(22-11-23-18)25(12-24-16)3-4-28-2/h5-6,11-12,14-15H,3-4,7-10H2,1-2H3. The monoisotopic (exact) mass is 380 g/mol. The van der Waals surface area contributed by atoms with E-state index in [1.807, 2.05) is 30.2 Å². The lowest BCUT2D eigenvalue weighted by molar-refractivity contribution is 0.188. The summed E-state index contributed by atoms with van der Waals surface area (Å²) in [5, 5.41) is 0. The summed E-state index contributed by atoms with van der Waals surface area (Å²) in [6, 6.07) is 0. The molecule has 146 valence electrons. The van der Waals surface area contributed by atoms with Crippen molar-refractivity contribution in [2.75, 3.05) is 49.7 Å². The topological polar surface area (TPSA) is 85.1 Å². The molecule has 28 heavy (non-hydrogen) atoms. The van der Waals surface area contributed by atoms with Gasteiger partial charge < -0.3 is 19.1 Å². The fraction of sp³-hybridized carbons (Fsp3) is 0.526. The third-order valence-electron chi connectivity index (χ3n) is 5.75. The molecule has 0 saturated carbocycles. The maximum absolute atomic E-state index is 5.18. The predicted molar refractivity (Wildman–Crippen MR) is 105 cm³/mol. The van der Waals surface area contributed by atoms with E-state index in [9.17, 15) is 0 Å². The maximum Gasteiger partial charge on any atom is 0.225 e. The third kappa shape index (κ3) is 2.95. The van der Waals surface area contributed by atoms with Crippen LogP contribution in [0.2, 0.25) is 0 Å². The summed E-state index contributed by atoms with van der Waals surface area (Å²) in [6.45, 7) is 7.31. The van der Waals surface area contributed by atoms with Crippen molar-refractivity contribution in [3.05, 3.63) is 30.6 Å². The first-order valence-corrected chi connectivity index (χ1v) is 9.66. The van der Waals surface area contributed by atoms with Crippen LogP contribution in [-0.2, 0) is 11.3 Å². The highest BCUT2D eigenvalue weighted by atomic mass is 16.5. The Labute approximate surface area is 163 Å². The van der Waals surface area contributed by atoms with E-state index in [2.05, 4.69) is 34.7 Å². The van der Waals surface area contributed by atoms with Gasteiger partial charge in [0.25, 0.3) is 0 Å². The fourth-order valence-electron chi connectivity index (χ4n) is 4.33. The van der Waals surface area contributed by atoms with Gasteiger partial charge in [-0.25, -0.2) is 24.9 Å². The molecule has 2 atom stereocenters. The number of ether oxygens (including phenoxy) is 1. The average molecular weight is 380 g/mol. The van der Waals surface area contributed by atoms with E-state index < -0.39 is 0 Å². The zero-order valence-corrected chi connectivity index (χ0v) is 16.2. The quantitative estimate of drug-likeness (QED) is 0.652. The number of imidazole rings is 1. The number of hydrogen-bond donors (Lipinski definition) is 0. The van der Waals surface area contributed by atoms with E-state index in [4.69, 9.17) is 4.74 Å². The SMILES string of the molecule is COCCn1cnc2c(N3CC4CN(c5ncc(C)cn5)CC4C3)ncnc21. The summed E-state index contributed by atoms with van der Waals surface area (Å²) in [5.41, 5.74) is 2.83. The highest BCUT2D eigenvalue weighted by Crippen LogP contribution is 2.36. The average Bonchev–Trinajstić information content (AvgIpc) is 3.39. The Hall–Kier alpha value is -2.81. The summed E-state index contributed by atoms with van der Waals surface area (Å²) in [7, 11) is 1.70. The lowest BCUT2D eigenvalue weighted by Gasteiger charge is -2.22. The van der Waals surface area contributed by atoms with E-state index in [1.165, 1.54) is 0 Å². The molecule has 0 amide bonds. The molecule has 0 bridgehead atoms. The third-order valence-corrected chi connectivity index (χ3v) is 5.75. The molecule has 5 heterocycles. The normalized spacial score (nSPS) is 21.6. The number of fused-ring (bicyclic) bond motifs is 2. The van der Waals surface area contributed by atoms with Gasteiger partial charge in [-0.1, -0.05) is 0 Å². The smallest absolute Gasteiger partial charge is 0.225 e. The van der Waals surface area contributed by atoms with Crippen LogP contribution in [0.5, 0.6) is 0 Å². The second-order valence-electron chi connectivity index (χ2n) is 7.69. The highest BCUT2D eigenvalue weighted by molar-refractivity contribution is 5.83. The molecule has 2 aliphatic heterocycles. The molecule has 5 rings (SSSR count). The summed E-state index contributed by atoms with van der Waals surface area (Å²) < 4.78 is 7.21. The van der Waals surface area contributed by atoms with E-state index in [-0.39, 0.29) is 0 Å². The lowest BCUT2D eigenvalue weighted by Crippen LogP contribution is -2.30. The van der Waals surface area contributed by atoms with Gasteiger partial charge in [-0.05, 0) is 12.5 Å². The molecule has 3 aromatic heterocycles. The Balaban J connectivity index is 1.33. The molecular weight excluding hydrogens is 356 g/mol. The Bertz CT molecular complexity index is 958. The van der Waals surface area contributed by atoms with Gasteiger partial charge in [-0.15, -0.1) is 0 Å². The van der Waals surface area contributed by atoms with Crippen molar-refractivity contribution in [1.29, 1.82) is 0 Å². The summed E-state index contributed by atoms with van der Waals surface area (Å²) in [6.07, 6.45) is 7.25. The van der Waals surface area contributed by atoms with Gasteiger partial charge in [0.1, 0.15) is 6.33 Å². The van der Waals surface area contributed by atoms with Crippen LogP contribution in [0.25, 0.3) is 11.2 Å². The Morgan fingerprint density at radius 2 is 1.68 bits per heavy atom. The molecule has 9 nitrogen and oxygen atoms in total. The molecule has 3 aromatic rings. The van der Waals surface area contributed by atoms with E-state index in [0.717, 1.165) is 61.2 Å². The van der Waals surface area contributed by atoms with Gasteiger partial charge >= 0.3 is 0 Å². The van der Waals surface area contributed by atoms with Crippen LogP contribution >= 0.6 is 0 Å². The van der Waals surface area contributed by atoms with Crippen LogP contribution in [0, 0.1) is 18.8 Å².